The van der Waals surface area contributed by atoms with E-state index < -0.39 is 0 Å². The monoisotopic (exact) mass is 333 g/mol. The maximum Gasteiger partial charge on any atom is 0.248 e. The van der Waals surface area contributed by atoms with Gasteiger partial charge < -0.3 is 18.6 Å². The lowest BCUT2D eigenvalue weighted by atomic mass is 10.3. The average molecular weight is 333 g/mol. The molecule has 2 aromatic rings. The number of furan rings is 1. The molecule has 2 aromatic heterocycles. The van der Waals surface area contributed by atoms with Crippen LogP contribution in [0.15, 0.2) is 23.0 Å². The maximum atomic E-state index is 11.6. The zero-order chi connectivity index (χ0) is 16.9. The Hall–Kier alpha value is -2.19. The van der Waals surface area contributed by atoms with E-state index in [1.54, 1.807) is 26.6 Å². The first-order valence-corrected chi connectivity index (χ1v) is 8.06. The fourth-order valence-corrected chi connectivity index (χ4v) is 2.69. The molecule has 8 nitrogen and oxygen atoms in total. The topological polar surface area (TPSA) is 76.6 Å². The smallest absolute Gasteiger partial charge is 0.248 e. The molecule has 0 atom stereocenters. The van der Waals surface area contributed by atoms with Crippen LogP contribution in [-0.2, 0) is 35.6 Å². The molecule has 1 aliphatic heterocycles. The summed E-state index contributed by atoms with van der Waals surface area (Å²) >= 11 is 0. The minimum Gasteiger partial charge on any atom is -0.472 e. The molecule has 0 fully saturated rings. The zero-order valence-electron chi connectivity index (χ0n) is 14.1. The molecule has 0 spiro atoms. The van der Waals surface area contributed by atoms with Gasteiger partial charge in [-0.25, -0.2) is 0 Å². The minimum atomic E-state index is -0.0584. The number of carbonyl (C=O) groups is 1. The fourth-order valence-electron chi connectivity index (χ4n) is 2.69. The van der Waals surface area contributed by atoms with Crippen LogP contribution in [0.1, 0.15) is 17.2 Å². The van der Waals surface area contributed by atoms with Gasteiger partial charge in [0.1, 0.15) is 19.0 Å². The Kier molecular flexibility index (Phi) is 5.27. The van der Waals surface area contributed by atoms with E-state index in [4.69, 9.17) is 9.15 Å². The van der Waals surface area contributed by atoms with Gasteiger partial charge in [-0.3, -0.25) is 9.69 Å². The summed E-state index contributed by atoms with van der Waals surface area (Å²) in [4.78, 5) is 15.4. The summed E-state index contributed by atoms with van der Waals surface area (Å²) in [6.07, 6.45) is 4.33. The molecule has 0 aliphatic carbocycles. The minimum absolute atomic E-state index is 0.0573. The number of rotatable bonds is 6. The van der Waals surface area contributed by atoms with Crippen LogP contribution in [0.2, 0.25) is 0 Å². The first-order valence-electron chi connectivity index (χ1n) is 8.06. The Balaban J connectivity index is 1.55. The lowest BCUT2D eigenvalue weighted by Crippen LogP contribution is -2.27. The van der Waals surface area contributed by atoms with E-state index in [1.165, 1.54) is 10.5 Å². The lowest BCUT2D eigenvalue weighted by Gasteiger charge is -2.18. The standard InChI is InChI=1S/C16H23N5O3/c1-19(2)16(22)12-24-11-15-18-17-14-3-5-20(6-7-21(14)15)9-13-4-8-23-10-13/h4,8,10H,3,5-7,9,11-12H2,1-2H3. The summed E-state index contributed by atoms with van der Waals surface area (Å²) in [5.74, 6) is 1.70. The highest BCUT2D eigenvalue weighted by molar-refractivity contribution is 5.76. The highest BCUT2D eigenvalue weighted by atomic mass is 16.5. The van der Waals surface area contributed by atoms with E-state index in [0.29, 0.717) is 6.61 Å². The van der Waals surface area contributed by atoms with Crippen molar-refractivity contribution in [3.8, 4) is 0 Å². The van der Waals surface area contributed by atoms with Crippen LogP contribution in [0.4, 0.5) is 0 Å². The molecular formula is C16H23N5O3. The highest BCUT2D eigenvalue weighted by Crippen LogP contribution is 2.13. The molecule has 3 rings (SSSR count). The largest absolute Gasteiger partial charge is 0.472 e. The molecular weight excluding hydrogens is 310 g/mol. The molecule has 24 heavy (non-hydrogen) atoms. The molecule has 130 valence electrons. The second-order valence-electron chi connectivity index (χ2n) is 6.12. The second-order valence-corrected chi connectivity index (χ2v) is 6.12. The SMILES string of the molecule is CN(C)C(=O)COCc1nnc2n1CCN(Cc1ccoc1)CC2. The van der Waals surface area contributed by atoms with Gasteiger partial charge in [-0.2, -0.15) is 0 Å². The van der Waals surface area contributed by atoms with Gasteiger partial charge in [0.15, 0.2) is 5.82 Å². The molecule has 0 saturated carbocycles. The van der Waals surface area contributed by atoms with Crippen LogP contribution < -0.4 is 0 Å². The van der Waals surface area contributed by atoms with Crippen molar-refractivity contribution in [2.24, 2.45) is 0 Å². The molecule has 1 amide bonds. The molecule has 8 heteroatoms. The van der Waals surface area contributed by atoms with Crippen molar-refractivity contribution in [1.29, 1.82) is 0 Å². The van der Waals surface area contributed by atoms with Crippen molar-refractivity contribution >= 4 is 5.91 Å². The van der Waals surface area contributed by atoms with Gasteiger partial charge in [0.2, 0.25) is 5.91 Å². The van der Waals surface area contributed by atoms with Crippen molar-refractivity contribution < 1.29 is 13.9 Å². The third kappa shape index (κ3) is 4.01. The third-order valence-corrected chi connectivity index (χ3v) is 4.14. The summed E-state index contributed by atoms with van der Waals surface area (Å²) in [5, 5.41) is 8.48. The third-order valence-electron chi connectivity index (χ3n) is 4.14. The maximum absolute atomic E-state index is 11.6. The van der Waals surface area contributed by atoms with Crippen molar-refractivity contribution in [3.63, 3.8) is 0 Å². The molecule has 0 radical (unpaired) electrons. The molecule has 0 N–H and O–H groups in total. The number of ether oxygens (including phenoxy) is 1. The van der Waals surface area contributed by atoms with Gasteiger partial charge in [0.05, 0.1) is 12.5 Å². The van der Waals surface area contributed by atoms with E-state index >= 15 is 0 Å². The van der Waals surface area contributed by atoms with Crippen LogP contribution in [-0.4, -0.2) is 64.3 Å². The van der Waals surface area contributed by atoms with Gasteiger partial charge in [0, 0.05) is 52.3 Å². The van der Waals surface area contributed by atoms with Crippen molar-refractivity contribution in [3.05, 3.63) is 35.8 Å². The van der Waals surface area contributed by atoms with E-state index in [2.05, 4.69) is 19.7 Å². The number of hydrogen-bond donors (Lipinski definition) is 0. The highest BCUT2D eigenvalue weighted by Gasteiger charge is 2.19. The summed E-state index contributed by atoms with van der Waals surface area (Å²) in [6.45, 7) is 3.90. The van der Waals surface area contributed by atoms with E-state index in [0.717, 1.165) is 44.2 Å². The second kappa shape index (κ2) is 7.59. The number of amides is 1. The van der Waals surface area contributed by atoms with Crippen LogP contribution >= 0.6 is 0 Å². The summed E-state index contributed by atoms with van der Waals surface area (Å²) in [7, 11) is 3.42. The van der Waals surface area contributed by atoms with Crippen molar-refractivity contribution in [1.82, 2.24) is 24.6 Å². The van der Waals surface area contributed by atoms with Gasteiger partial charge in [-0.05, 0) is 6.07 Å². The Morgan fingerprint density at radius 2 is 2.21 bits per heavy atom. The number of fused-ring (bicyclic) bond motifs is 1. The summed E-state index contributed by atoms with van der Waals surface area (Å²) in [6, 6.07) is 1.99. The number of hydrogen-bond acceptors (Lipinski definition) is 6. The number of carbonyl (C=O) groups excluding carboxylic acids is 1. The van der Waals surface area contributed by atoms with E-state index in [1.807, 2.05) is 6.07 Å². The van der Waals surface area contributed by atoms with Gasteiger partial charge in [-0.1, -0.05) is 0 Å². The predicted octanol–water partition coefficient (Wildman–Crippen LogP) is 0.534. The van der Waals surface area contributed by atoms with Crippen molar-refractivity contribution in [2.45, 2.75) is 26.1 Å². The van der Waals surface area contributed by atoms with Gasteiger partial charge in [0.25, 0.3) is 0 Å². The first-order chi connectivity index (χ1) is 11.6. The lowest BCUT2D eigenvalue weighted by molar-refractivity contribution is -0.134. The molecule has 0 unspecified atom stereocenters. The van der Waals surface area contributed by atoms with Crippen LogP contribution in [0.25, 0.3) is 0 Å². The normalized spacial score (nSPS) is 15.1. The van der Waals surface area contributed by atoms with Crippen LogP contribution in [0.3, 0.4) is 0 Å². The van der Waals surface area contributed by atoms with E-state index in [-0.39, 0.29) is 12.5 Å². The van der Waals surface area contributed by atoms with Gasteiger partial charge in [-0.15, -0.1) is 10.2 Å². The van der Waals surface area contributed by atoms with Crippen LogP contribution in [0.5, 0.6) is 0 Å². The summed E-state index contributed by atoms with van der Waals surface area (Å²) < 4.78 is 12.7. The van der Waals surface area contributed by atoms with Gasteiger partial charge >= 0.3 is 0 Å². The number of likely N-dealkylation sites (N-methyl/N-ethyl adjacent to an activating group) is 1. The molecule has 3 heterocycles. The van der Waals surface area contributed by atoms with E-state index in [9.17, 15) is 4.79 Å². The Morgan fingerprint density at radius 1 is 1.33 bits per heavy atom. The Morgan fingerprint density at radius 3 is 2.96 bits per heavy atom. The molecule has 0 aromatic carbocycles. The average Bonchev–Trinajstić information content (AvgIpc) is 3.15. The fraction of sp³-hybridized carbons (Fsp3) is 0.562. The number of aromatic nitrogens is 3. The summed E-state index contributed by atoms with van der Waals surface area (Å²) in [5.41, 5.74) is 1.18. The Bertz CT molecular complexity index is 665. The molecule has 0 bridgehead atoms. The van der Waals surface area contributed by atoms with Crippen molar-refractivity contribution in [2.75, 3.05) is 33.8 Å². The molecule has 1 aliphatic rings. The number of nitrogens with zero attached hydrogens (tertiary/aromatic N) is 5. The predicted molar refractivity (Wildman–Crippen MR) is 86.1 cm³/mol. The first kappa shape index (κ1) is 16.7. The van der Waals surface area contributed by atoms with Crippen LogP contribution in [0, 0.1) is 0 Å². The molecule has 0 saturated heterocycles. The zero-order valence-corrected chi connectivity index (χ0v) is 14.1. The quantitative estimate of drug-likeness (QED) is 0.768. The Labute approximate surface area is 141 Å².